The van der Waals surface area contributed by atoms with Crippen LogP contribution in [0.15, 0.2) is 60.0 Å². The number of nitro benzene ring substituents is 1. The van der Waals surface area contributed by atoms with Crippen molar-refractivity contribution in [1.82, 2.24) is 15.6 Å². The third-order valence-electron chi connectivity index (χ3n) is 5.19. The van der Waals surface area contributed by atoms with E-state index in [1.807, 2.05) is 42.6 Å². The van der Waals surface area contributed by atoms with E-state index in [0.29, 0.717) is 6.42 Å². The number of hydrogen-bond donors (Lipinski definition) is 2. The number of rotatable bonds is 10. The molecule has 0 aliphatic rings. The first kappa shape index (κ1) is 24.1. The lowest BCUT2D eigenvalue weighted by Crippen LogP contribution is -2.48. The Balaban J connectivity index is 1.79. The van der Waals surface area contributed by atoms with Gasteiger partial charge in [-0.1, -0.05) is 49.4 Å². The van der Waals surface area contributed by atoms with Gasteiger partial charge in [0.25, 0.3) is 5.69 Å². The molecule has 3 aromatic rings. The van der Waals surface area contributed by atoms with Crippen LogP contribution in [0.2, 0.25) is 0 Å². The third kappa shape index (κ3) is 6.69. The number of hydrogen-bond acceptors (Lipinski definition) is 6. The molecule has 33 heavy (non-hydrogen) atoms. The van der Waals surface area contributed by atoms with Crippen LogP contribution in [-0.2, 0) is 22.4 Å². The summed E-state index contributed by atoms with van der Waals surface area (Å²) in [4.78, 5) is 40.0. The lowest BCUT2D eigenvalue weighted by molar-refractivity contribution is -0.384. The molecule has 2 N–H and O–H groups in total. The zero-order valence-corrected chi connectivity index (χ0v) is 19.3. The minimum absolute atomic E-state index is 0.00325. The van der Waals surface area contributed by atoms with Crippen LogP contribution in [0.5, 0.6) is 0 Å². The number of thiazole rings is 1. The van der Waals surface area contributed by atoms with Gasteiger partial charge in [0.1, 0.15) is 11.0 Å². The zero-order valence-electron chi connectivity index (χ0n) is 18.5. The molecule has 2 aromatic carbocycles. The van der Waals surface area contributed by atoms with Gasteiger partial charge in [-0.15, -0.1) is 11.3 Å². The lowest BCUT2D eigenvalue weighted by atomic mass is 9.98. The van der Waals surface area contributed by atoms with Crippen molar-refractivity contribution in [2.24, 2.45) is 0 Å². The van der Waals surface area contributed by atoms with Gasteiger partial charge < -0.3 is 10.6 Å². The van der Waals surface area contributed by atoms with Crippen molar-refractivity contribution < 1.29 is 14.5 Å². The Morgan fingerprint density at radius 3 is 2.39 bits per heavy atom. The van der Waals surface area contributed by atoms with Crippen molar-refractivity contribution in [1.29, 1.82) is 0 Å². The number of nitrogens with one attached hydrogen (secondary N) is 2. The molecule has 0 fully saturated rings. The standard InChI is InChI=1S/C24H26N4O4S/c1-3-19-15-33-24(27-19)21(18-9-11-20(12-10-18)28(31)32)14-25-23(30)22(26-16(2)29)13-17-7-5-4-6-8-17/h4-12,15,21-22H,3,13-14H2,1-2H3,(H,25,30)(H,26,29)/t21?,22-/m0/s1. The fourth-order valence-corrected chi connectivity index (χ4v) is 4.48. The van der Waals surface area contributed by atoms with Crippen molar-refractivity contribution in [3.05, 3.63) is 91.9 Å². The van der Waals surface area contributed by atoms with Crippen molar-refractivity contribution in [2.75, 3.05) is 6.54 Å². The molecule has 1 heterocycles. The van der Waals surface area contributed by atoms with Gasteiger partial charge in [0.15, 0.2) is 0 Å². The second-order valence-corrected chi connectivity index (χ2v) is 8.51. The summed E-state index contributed by atoms with van der Waals surface area (Å²) in [5.41, 5.74) is 2.71. The van der Waals surface area contributed by atoms with Gasteiger partial charge in [-0.05, 0) is 17.5 Å². The molecule has 1 aromatic heterocycles. The molecule has 2 atom stereocenters. The van der Waals surface area contributed by atoms with E-state index in [-0.39, 0.29) is 30.0 Å². The molecule has 8 nitrogen and oxygen atoms in total. The van der Waals surface area contributed by atoms with E-state index >= 15 is 0 Å². The number of nitrogens with zero attached hydrogens (tertiary/aromatic N) is 2. The number of aromatic nitrogens is 1. The van der Waals surface area contributed by atoms with Crippen LogP contribution < -0.4 is 10.6 Å². The normalized spacial score (nSPS) is 12.5. The fourth-order valence-electron chi connectivity index (χ4n) is 3.45. The third-order valence-corrected chi connectivity index (χ3v) is 6.20. The number of non-ortho nitro benzene ring substituents is 1. The van der Waals surface area contributed by atoms with Crippen LogP contribution in [0.4, 0.5) is 5.69 Å². The van der Waals surface area contributed by atoms with E-state index in [0.717, 1.165) is 28.2 Å². The average Bonchev–Trinajstić information content (AvgIpc) is 3.28. The van der Waals surface area contributed by atoms with Crippen LogP contribution in [0, 0.1) is 10.1 Å². The number of carbonyl (C=O) groups is 2. The maximum atomic E-state index is 13.0. The quantitative estimate of drug-likeness (QED) is 0.350. The minimum Gasteiger partial charge on any atom is -0.353 e. The van der Waals surface area contributed by atoms with Crippen molar-refractivity contribution in [3.63, 3.8) is 0 Å². The number of nitro groups is 1. The van der Waals surface area contributed by atoms with Crippen LogP contribution in [0.1, 0.15) is 41.6 Å². The van der Waals surface area contributed by atoms with Gasteiger partial charge in [0, 0.05) is 37.4 Å². The maximum Gasteiger partial charge on any atom is 0.269 e. The first-order valence-corrected chi connectivity index (χ1v) is 11.5. The Kier molecular flexibility index (Phi) is 8.26. The summed E-state index contributed by atoms with van der Waals surface area (Å²) in [5.74, 6) is -0.853. The monoisotopic (exact) mass is 466 g/mol. The summed E-state index contributed by atoms with van der Waals surface area (Å²) in [7, 11) is 0. The second kappa shape index (κ2) is 11.3. The largest absolute Gasteiger partial charge is 0.353 e. The predicted molar refractivity (Wildman–Crippen MR) is 127 cm³/mol. The van der Waals surface area contributed by atoms with Crippen LogP contribution >= 0.6 is 11.3 Å². The molecular formula is C24H26N4O4S. The van der Waals surface area contributed by atoms with E-state index < -0.39 is 11.0 Å². The molecule has 0 bridgehead atoms. The van der Waals surface area contributed by atoms with Gasteiger partial charge in [-0.3, -0.25) is 19.7 Å². The Hall–Kier alpha value is -3.59. The van der Waals surface area contributed by atoms with Gasteiger partial charge in [-0.2, -0.15) is 0 Å². The van der Waals surface area contributed by atoms with E-state index in [1.54, 1.807) is 12.1 Å². The highest BCUT2D eigenvalue weighted by Crippen LogP contribution is 2.28. The summed E-state index contributed by atoms with van der Waals surface area (Å²) < 4.78 is 0. The van der Waals surface area contributed by atoms with Crippen LogP contribution in [0.3, 0.4) is 0 Å². The smallest absolute Gasteiger partial charge is 0.269 e. The highest BCUT2D eigenvalue weighted by Gasteiger charge is 2.24. The molecular weight excluding hydrogens is 440 g/mol. The Bertz CT molecular complexity index is 1100. The Morgan fingerprint density at radius 2 is 1.82 bits per heavy atom. The fraction of sp³-hybridized carbons (Fsp3) is 0.292. The van der Waals surface area contributed by atoms with Gasteiger partial charge in [-0.25, -0.2) is 4.98 Å². The van der Waals surface area contributed by atoms with Crippen molar-refractivity contribution in [2.45, 2.75) is 38.6 Å². The summed E-state index contributed by atoms with van der Waals surface area (Å²) in [5, 5.41) is 19.5. The van der Waals surface area contributed by atoms with Crippen molar-refractivity contribution in [3.8, 4) is 0 Å². The van der Waals surface area contributed by atoms with Crippen LogP contribution in [0.25, 0.3) is 0 Å². The molecule has 0 aliphatic heterocycles. The van der Waals surface area contributed by atoms with Gasteiger partial charge >= 0.3 is 0 Å². The molecule has 2 amide bonds. The predicted octanol–water partition coefficient (Wildman–Crippen LogP) is 3.61. The van der Waals surface area contributed by atoms with E-state index in [2.05, 4.69) is 15.6 Å². The number of benzene rings is 2. The van der Waals surface area contributed by atoms with E-state index in [9.17, 15) is 19.7 Å². The molecule has 0 saturated carbocycles. The summed E-state index contributed by atoms with van der Waals surface area (Å²) >= 11 is 1.49. The molecule has 0 saturated heterocycles. The molecule has 1 unspecified atom stereocenters. The first-order chi connectivity index (χ1) is 15.9. The highest BCUT2D eigenvalue weighted by atomic mass is 32.1. The summed E-state index contributed by atoms with van der Waals surface area (Å²) in [6.45, 7) is 3.65. The first-order valence-electron chi connectivity index (χ1n) is 10.6. The molecule has 3 rings (SSSR count). The summed E-state index contributed by atoms with van der Waals surface area (Å²) in [6.07, 6.45) is 1.16. The van der Waals surface area contributed by atoms with E-state index in [4.69, 9.17) is 0 Å². The number of carbonyl (C=O) groups excluding carboxylic acids is 2. The van der Waals surface area contributed by atoms with Gasteiger partial charge in [0.05, 0.1) is 16.5 Å². The Morgan fingerprint density at radius 1 is 1.12 bits per heavy atom. The Labute approximate surface area is 196 Å². The minimum atomic E-state index is -0.718. The second-order valence-electron chi connectivity index (χ2n) is 7.62. The molecule has 172 valence electrons. The van der Waals surface area contributed by atoms with Gasteiger partial charge in [0.2, 0.25) is 11.8 Å². The lowest BCUT2D eigenvalue weighted by Gasteiger charge is -2.21. The molecule has 0 radical (unpaired) electrons. The zero-order chi connectivity index (χ0) is 23.8. The van der Waals surface area contributed by atoms with E-state index in [1.165, 1.54) is 30.4 Å². The number of aryl methyl sites for hydroxylation is 1. The summed E-state index contributed by atoms with van der Waals surface area (Å²) in [6, 6.07) is 15.0. The highest BCUT2D eigenvalue weighted by molar-refractivity contribution is 7.09. The average molecular weight is 467 g/mol. The topological polar surface area (TPSA) is 114 Å². The maximum absolute atomic E-state index is 13.0. The molecule has 0 aliphatic carbocycles. The number of amides is 2. The SMILES string of the molecule is CCc1csc(C(CNC(=O)[C@H](Cc2ccccc2)NC(C)=O)c2ccc([N+](=O)[O-])cc2)n1. The van der Waals surface area contributed by atoms with Crippen molar-refractivity contribution >= 4 is 28.8 Å². The molecule has 9 heteroatoms. The van der Waals surface area contributed by atoms with Crippen LogP contribution in [-0.4, -0.2) is 34.3 Å². The molecule has 0 spiro atoms.